The van der Waals surface area contributed by atoms with Gasteiger partial charge in [0.15, 0.2) is 0 Å². The molecule has 0 radical (unpaired) electrons. The van der Waals surface area contributed by atoms with E-state index in [1.54, 1.807) is 29.8 Å². The van der Waals surface area contributed by atoms with Crippen LogP contribution in [0.3, 0.4) is 0 Å². The smallest absolute Gasteiger partial charge is 0.115 e. The van der Waals surface area contributed by atoms with E-state index in [2.05, 4.69) is 28.7 Å². The minimum absolute atomic E-state index is 0.199. The molecule has 2 heterocycles. The molecule has 17 heavy (non-hydrogen) atoms. The third-order valence-corrected chi connectivity index (χ3v) is 4.44. The number of nitrogens with one attached hydrogen (secondary N) is 1. The van der Waals surface area contributed by atoms with E-state index >= 15 is 0 Å². The molecule has 0 aliphatic rings. The summed E-state index contributed by atoms with van der Waals surface area (Å²) in [4.78, 5) is 5.76. The second-order valence-electron chi connectivity index (χ2n) is 3.72. The number of rotatable bonds is 6. The molecule has 3 nitrogen and oxygen atoms in total. The fourth-order valence-corrected chi connectivity index (χ4v) is 3.45. The van der Waals surface area contributed by atoms with Crippen LogP contribution >= 0.6 is 22.7 Å². The van der Waals surface area contributed by atoms with Crippen LogP contribution in [0, 0.1) is 6.92 Å². The number of hydrogen-bond donors (Lipinski definition) is 1. The first-order valence-electron chi connectivity index (χ1n) is 5.48. The van der Waals surface area contributed by atoms with Gasteiger partial charge in [-0.15, -0.1) is 22.7 Å². The molecule has 0 bridgehead atoms. The molecule has 1 N–H and O–H groups in total. The number of thiazole rings is 1. The van der Waals surface area contributed by atoms with Gasteiger partial charge in [0.2, 0.25) is 0 Å². The number of hydrogen-bond acceptors (Lipinski definition) is 5. The van der Waals surface area contributed by atoms with Crippen molar-refractivity contribution in [1.82, 2.24) is 10.3 Å². The lowest BCUT2D eigenvalue weighted by Gasteiger charge is -2.16. The zero-order valence-electron chi connectivity index (χ0n) is 9.97. The van der Waals surface area contributed by atoms with E-state index in [4.69, 9.17) is 4.74 Å². The number of thiophene rings is 1. The highest BCUT2D eigenvalue weighted by molar-refractivity contribution is 7.11. The number of nitrogens with zero attached hydrogens (tertiary/aromatic N) is 1. The largest absolute Gasteiger partial charge is 0.383 e. The standard InChI is InChI=1S/C12H16N2OS2/c1-9-3-7-16-11(9)10(13-4-6-15-2)12-14-5-8-17-12/h3,5,7-8,10,13H,4,6H2,1-2H3. The van der Waals surface area contributed by atoms with Gasteiger partial charge in [-0.05, 0) is 23.9 Å². The summed E-state index contributed by atoms with van der Waals surface area (Å²) < 4.78 is 5.08. The van der Waals surface area contributed by atoms with Gasteiger partial charge in [0.1, 0.15) is 5.01 Å². The van der Waals surface area contributed by atoms with Gasteiger partial charge in [0.05, 0.1) is 12.6 Å². The van der Waals surface area contributed by atoms with Crippen LogP contribution in [-0.2, 0) is 4.74 Å². The van der Waals surface area contributed by atoms with Crippen LogP contribution in [0.25, 0.3) is 0 Å². The maximum Gasteiger partial charge on any atom is 0.115 e. The van der Waals surface area contributed by atoms with Crippen molar-refractivity contribution in [1.29, 1.82) is 0 Å². The van der Waals surface area contributed by atoms with Crippen LogP contribution in [0.4, 0.5) is 0 Å². The molecule has 0 saturated carbocycles. The molecule has 1 atom stereocenters. The first-order chi connectivity index (χ1) is 8.33. The molecule has 2 aromatic rings. The van der Waals surface area contributed by atoms with Gasteiger partial charge < -0.3 is 10.1 Å². The Morgan fingerprint density at radius 3 is 2.88 bits per heavy atom. The molecule has 0 spiro atoms. The first-order valence-corrected chi connectivity index (χ1v) is 7.24. The van der Waals surface area contributed by atoms with Crippen molar-refractivity contribution in [3.63, 3.8) is 0 Å². The van der Waals surface area contributed by atoms with Gasteiger partial charge in [0.25, 0.3) is 0 Å². The Morgan fingerprint density at radius 1 is 1.41 bits per heavy atom. The summed E-state index contributed by atoms with van der Waals surface area (Å²) in [5, 5.41) is 8.76. The fraction of sp³-hybridized carbons (Fsp3) is 0.417. The summed E-state index contributed by atoms with van der Waals surface area (Å²) in [5.41, 5.74) is 1.32. The van der Waals surface area contributed by atoms with Gasteiger partial charge in [-0.3, -0.25) is 0 Å². The quantitative estimate of drug-likeness (QED) is 0.818. The molecule has 0 aromatic carbocycles. The predicted molar refractivity (Wildman–Crippen MR) is 72.9 cm³/mol. The van der Waals surface area contributed by atoms with E-state index in [-0.39, 0.29) is 6.04 Å². The predicted octanol–water partition coefficient (Wildman–Crippen LogP) is 2.84. The van der Waals surface area contributed by atoms with Crippen LogP contribution < -0.4 is 5.32 Å². The zero-order valence-corrected chi connectivity index (χ0v) is 11.6. The minimum atomic E-state index is 0.199. The summed E-state index contributed by atoms with van der Waals surface area (Å²) >= 11 is 3.47. The summed E-state index contributed by atoms with van der Waals surface area (Å²) in [6, 6.07) is 2.35. The first kappa shape index (κ1) is 12.7. The highest BCUT2D eigenvalue weighted by Gasteiger charge is 2.18. The average molecular weight is 268 g/mol. The summed E-state index contributed by atoms with van der Waals surface area (Å²) in [5.74, 6) is 0. The van der Waals surface area contributed by atoms with E-state index in [0.717, 1.165) is 11.6 Å². The molecular weight excluding hydrogens is 252 g/mol. The average Bonchev–Trinajstić information content (AvgIpc) is 2.96. The van der Waals surface area contributed by atoms with Gasteiger partial charge >= 0.3 is 0 Å². The van der Waals surface area contributed by atoms with Crippen molar-refractivity contribution in [3.05, 3.63) is 38.5 Å². The molecule has 0 amide bonds. The Labute approximate surface area is 109 Å². The Morgan fingerprint density at radius 2 is 2.29 bits per heavy atom. The summed E-state index contributed by atoms with van der Waals surface area (Å²) in [7, 11) is 1.72. The maximum atomic E-state index is 5.08. The monoisotopic (exact) mass is 268 g/mol. The van der Waals surface area contributed by atoms with Gasteiger partial charge in [-0.25, -0.2) is 4.98 Å². The van der Waals surface area contributed by atoms with E-state index in [1.807, 2.05) is 11.6 Å². The van der Waals surface area contributed by atoms with E-state index in [0.29, 0.717) is 6.61 Å². The third-order valence-electron chi connectivity index (χ3n) is 2.52. The highest BCUT2D eigenvalue weighted by Crippen LogP contribution is 2.30. The van der Waals surface area contributed by atoms with Crippen molar-refractivity contribution < 1.29 is 4.74 Å². The summed E-state index contributed by atoms with van der Waals surface area (Å²) in [6.07, 6.45) is 1.86. The number of methoxy groups -OCH3 is 1. The van der Waals surface area contributed by atoms with E-state index < -0.39 is 0 Å². The van der Waals surface area contributed by atoms with Gasteiger partial charge in [-0.2, -0.15) is 0 Å². The molecule has 92 valence electrons. The molecule has 5 heteroatoms. The molecule has 1 unspecified atom stereocenters. The SMILES string of the molecule is COCCNC(c1nccs1)c1sccc1C. The van der Waals surface area contributed by atoms with Crippen molar-refractivity contribution in [2.75, 3.05) is 20.3 Å². The Balaban J connectivity index is 2.16. The third kappa shape index (κ3) is 3.13. The fourth-order valence-electron chi connectivity index (χ4n) is 1.65. The summed E-state index contributed by atoms with van der Waals surface area (Å²) in [6.45, 7) is 3.69. The number of ether oxygens (including phenoxy) is 1. The van der Waals surface area contributed by atoms with Crippen molar-refractivity contribution in [3.8, 4) is 0 Å². The molecule has 0 aliphatic carbocycles. The topological polar surface area (TPSA) is 34.1 Å². The van der Waals surface area contributed by atoms with Crippen LogP contribution in [0.1, 0.15) is 21.5 Å². The Bertz CT molecular complexity index is 439. The second kappa shape index (κ2) is 6.26. The highest BCUT2D eigenvalue weighted by atomic mass is 32.1. The van der Waals surface area contributed by atoms with Crippen LogP contribution in [0.15, 0.2) is 23.0 Å². The van der Waals surface area contributed by atoms with Crippen molar-refractivity contribution in [2.24, 2.45) is 0 Å². The number of aromatic nitrogens is 1. The molecule has 0 aliphatic heterocycles. The van der Waals surface area contributed by atoms with Gasteiger partial charge in [0, 0.05) is 30.1 Å². The molecule has 0 fully saturated rings. The van der Waals surface area contributed by atoms with Crippen LogP contribution in [0.2, 0.25) is 0 Å². The molecule has 2 rings (SSSR count). The van der Waals surface area contributed by atoms with E-state index in [9.17, 15) is 0 Å². The zero-order chi connectivity index (χ0) is 12.1. The number of aryl methyl sites for hydroxylation is 1. The lowest BCUT2D eigenvalue weighted by atomic mass is 10.2. The van der Waals surface area contributed by atoms with Crippen LogP contribution in [0.5, 0.6) is 0 Å². The second-order valence-corrected chi connectivity index (χ2v) is 5.59. The lowest BCUT2D eigenvalue weighted by Crippen LogP contribution is -2.25. The maximum absolute atomic E-state index is 5.08. The van der Waals surface area contributed by atoms with E-state index in [1.165, 1.54) is 10.4 Å². The van der Waals surface area contributed by atoms with Crippen molar-refractivity contribution in [2.45, 2.75) is 13.0 Å². The Kier molecular flexibility index (Phi) is 4.67. The van der Waals surface area contributed by atoms with Gasteiger partial charge in [-0.1, -0.05) is 0 Å². The normalized spacial score (nSPS) is 12.8. The Hall–Kier alpha value is -0.750. The lowest BCUT2D eigenvalue weighted by molar-refractivity contribution is 0.197. The molecular formula is C12H16N2OS2. The van der Waals surface area contributed by atoms with Crippen LogP contribution in [-0.4, -0.2) is 25.2 Å². The van der Waals surface area contributed by atoms with Crippen molar-refractivity contribution >= 4 is 22.7 Å². The minimum Gasteiger partial charge on any atom is -0.383 e. The molecule has 0 saturated heterocycles. The molecule has 2 aromatic heterocycles.